The Kier molecular flexibility index (Phi) is 4.05. The summed E-state index contributed by atoms with van der Waals surface area (Å²) in [5.74, 6) is -0.314. The van der Waals surface area contributed by atoms with Crippen LogP contribution in [0.25, 0.3) is 0 Å². The molecule has 2 unspecified atom stereocenters. The summed E-state index contributed by atoms with van der Waals surface area (Å²) in [4.78, 5) is 3.94. The third-order valence-corrected chi connectivity index (χ3v) is 3.20. The number of aliphatic hydroxyl groups is 1. The molecule has 2 aromatic rings. The van der Waals surface area contributed by atoms with E-state index in [0.29, 0.717) is 12.0 Å². The van der Waals surface area contributed by atoms with Crippen molar-refractivity contribution >= 4 is 0 Å². The van der Waals surface area contributed by atoms with Gasteiger partial charge in [-0.1, -0.05) is 25.1 Å². The van der Waals surface area contributed by atoms with E-state index in [1.165, 1.54) is 6.07 Å². The van der Waals surface area contributed by atoms with Gasteiger partial charge in [0.2, 0.25) is 0 Å². The van der Waals surface area contributed by atoms with E-state index in [9.17, 15) is 9.50 Å². The summed E-state index contributed by atoms with van der Waals surface area (Å²) in [5.41, 5.74) is 1.56. The fourth-order valence-electron chi connectivity index (χ4n) is 1.96. The molecule has 0 aliphatic heterocycles. The van der Waals surface area contributed by atoms with Crippen molar-refractivity contribution < 1.29 is 9.50 Å². The first-order valence-corrected chi connectivity index (χ1v) is 6.00. The lowest BCUT2D eigenvalue weighted by Crippen LogP contribution is -2.19. The van der Waals surface area contributed by atoms with Gasteiger partial charge < -0.3 is 5.11 Å². The van der Waals surface area contributed by atoms with E-state index < -0.39 is 6.10 Å². The second-order valence-corrected chi connectivity index (χ2v) is 4.43. The van der Waals surface area contributed by atoms with Crippen LogP contribution in [0.1, 0.15) is 24.0 Å². The first-order chi connectivity index (χ1) is 8.68. The lowest BCUT2D eigenvalue weighted by Gasteiger charge is -2.19. The Bertz CT molecular complexity index is 501. The minimum absolute atomic E-state index is 0.0485. The number of pyridine rings is 1. The van der Waals surface area contributed by atoms with Gasteiger partial charge in [-0.25, -0.2) is 4.39 Å². The molecule has 2 rings (SSSR count). The predicted octanol–water partition coefficient (Wildman–Crippen LogP) is 2.93. The van der Waals surface area contributed by atoms with Crippen LogP contribution in [0.4, 0.5) is 4.39 Å². The molecule has 0 saturated carbocycles. The molecule has 1 aromatic carbocycles. The van der Waals surface area contributed by atoms with Crippen LogP contribution in [0, 0.1) is 5.82 Å². The highest BCUT2D eigenvalue weighted by molar-refractivity contribution is 5.21. The van der Waals surface area contributed by atoms with Crippen LogP contribution < -0.4 is 0 Å². The Labute approximate surface area is 106 Å². The van der Waals surface area contributed by atoms with Crippen LogP contribution in [-0.4, -0.2) is 16.2 Å². The zero-order valence-corrected chi connectivity index (χ0v) is 10.3. The largest absolute Gasteiger partial charge is 0.392 e. The molecule has 1 aromatic heterocycles. The van der Waals surface area contributed by atoms with Gasteiger partial charge in [-0.05, 0) is 29.3 Å². The van der Waals surface area contributed by atoms with Crippen LogP contribution in [0.5, 0.6) is 0 Å². The second kappa shape index (κ2) is 5.74. The minimum atomic E-state index is -0.607. The Balaban J connectivity index is 2.09. The van der Waals surface area contributed by atoms with Crippen molar-refractivity contribution in [1.82, 2.24) is 4.98 Å². The second-order valence-electron chi connectivity index (χ2n) is 4.43. The van der Waals surface area contributed by atoms with Crippen LogP contribution in [-0.2, 0) is 6.42 Å². The number of hydrogen-bond donors (Lipinski definition) is 1. The zero-order chi connectivity index (χ0) is 13.0. The van der Waals surface area contributed by atoms with Crippen LogP contribution >= 0.6 is 0 Å². The number of halogens is 1. The number of hydrogen-bond acceptors (Lipinski definition) is 2. The molecular formula is C15H16FNO. The summed E-state index contributed by atoms with van der Waals surface area (Å²) in [6.45, 7) is 1.93. The zero-order valence-electron chi connectivity index (χ0n) is 10.3. The lowest BCUT2D eigenvalue weighted by molar-refractivity contribution is 0.148. The Morgan fingerprint density at radius 1 is 1.17 bits per heavy atom. The van der Waals surface area contributed by atoms with Crippen molar-refractivity contribution in [2.75, 3.05) is 0 Å². The molecule has 94 valence electrons. The van der Waals surface area contributed by atoms with E-state index in [2.05, 4.69) is 4.98 Å². The summed E-state index contributed by atoms with van der Waals surface area (Å²) in [7, 11) is 0. The number of rotatable bonds is 4. The van der Waals surface area contributed by atoms with E-state index in [0.717, 1.165) is 5.56 Å². The SMILES string of the molecule is CC(c1ccncc1)C(O)Cc1ccccc1F. The molecule has 18 heavy (non-hydrogen) atoms. The minimum Gasteiger partial charge on any atom is -0.392 e. The molecule has 0 spiro atoms. The Morgan fingerprint density at radius 2 is 1.83 bits per heavy atom. The van der Waals surface area contributed by atoms with Crippen molar-refractivity contribution in [3.8, 4) is 0 Å². The molecule has 0 radical (unpaired) electrons. The van der Waals surface area contributed by atoms with Gasteiger partial charge in [0.1, 0.15) is 5.82 Å². The maximum Gasteiger partial charge on any atom is 0.126 e. The topological polar surface area (TPSA) is 33.1 Å². The molecule has 0 aliphatic carbocycles. The lowest BCUT2D eigenvalue weighted by atomic mass is 9.92. The third-order valence-electron chi connectivity index (χ3n) is 3.20. The fourth-order valence-corrected chi connectivity index (χ4v) is 1.96. The smallest absolute Gasteiger partial charge is 0.126 e. The first-order valence-electron chi connectivity index (χ1n) is 6.00. The number of benzene rings is 1. The van der Waals surface area contributed by atoms with Gasteiger partial charge >= 0.3 is 0 Å². The number of aliphatic hydroxyl groups excluding tert-OH is 1. The maximum atomic E-state index is 13.5. The molecular weight excluding hydrogens is 229 g/mol. The fraction of sp³-hybridized carbons (Fsp3) is 0.267. The third kappa shape index (κ3) is 2.93. The van der Waals surface area contributed by atoms with E-state index in [1.54, 1.807) is 30.6 Å². The van der Waals surface area contributed by atoms with Gasteiger partial charge in [-0.15, -0.1) is 0 Å². The van der Waals surface area contributed by atoms with Crippen LogP contribution in [0.15, 0.2) is 48.8 Å². The summed E-state index contributed by atoms with van der Waals surface area (Å²) in [6, 6.07) is 10.3. The number of aromatic nitrogens is 1. The van der Waals surface area contributed by atoms with Crippen LogP contribution in [0.2, 0.25) is 0 Å². The highest BCUT2D eigenvalue weighted by Crippen LogP contribution is 2.22. The standard InChI is InChI=1S/C15H16FNO/c1-11(12-6-8-17-9-7-12)15(18)10-13-4-2-3-5-14(13)16/h2-9,11,15,18H,10H2,1H3. The Hall–Kier alpha value is -1.74. The maximum absolute atomic E-state index is 13.5. The van der Waals surface area contributed by atoms with Crippen molar-refractivity contribution in [2.45, 2.75) is 25.4 Å². The van der Waals surface area contributed by atoms with Gasteiger partial charge in [0.05, 0.1) is 6.10 Å². The first kappa shape index (κ1) is 12.7. The molecule has 0 fully saturated rings. The molecule has 0 aliphatic rings. The van der Waals surface area contributed by atoms with E-state index in [-0.39, 0.29) is 11.7 Å². The molecule has 0 bridgehead atoms. The van der Waals surface area contributed by atoms with Gasteiger partial charge in [0, 0.05) is 24.7 Å². The quantitative estimate of drug-likeness (QED) is 0.898. The van der Waals surface area contributed by atoms with Gasteiger partial charge in [0.15, 0.2) is 0 Å². The van der Waals surface area contributed by atoms with Crippen LogP contribution in [0.3, 0.4) is 0 Å². The molecule has 0 saturated heterocycles. The summed E-state index contributed by atoms with van der Waals surface area (Å²) in [5, 5.41) is 10.2. The molecule has 2 nitrogen and oxygen atoms in total. The normalized spacial score (nSPS) is 14.2. The van der Waals surface area contributed by atoms with E-state index in [1.807, 2.05) is 19.1 Å². The monoisotopic (exact) mass is 245 g/mol. The predicted molar refractivity (Wildman–Crippen MR) is 68.8 cm³/mol. The van der Waals surface area contributed by atoms with E-state index in [4.69, 9.17) is 0 Å². The summed E-state index contributed by atoms with van der Waals surface area (Å²) < 4.78 is 13.5. The Morgan fingerprint density at radius 3 is 2.50 bits per heavy atom. The summed E-state index contributed by atoms with van der Waals surface area (Å²) in [6.07, 6.45) is 3.10. The molecule has 3 heteroatoms. The van der Waals surface area contributed by atoms with Crippen molar-refractivity contribution in [3.05, 3.63) is 65.7 Å². The average molecular weight is 245 g/mol. The molecule has 1 heterocycles. The highest BCUT2D eigenvalue weighted by atomic mass is 19.1. The van der Waals surface area contributed by atoms with Crippen molar-refractivity contribution in [2.24, 2.45) is 0 Å². The highest BCUT2D eigenvalue weighted by Gasteiger charge is 2.17. The average Bonchev–Trinajstić information content (AvgIpc) is 2.41. The van der Waals surface area contributed by atoms with E-state index >= 15 is 0 Å². The van der Waals surface area contributed by atoms with Crippen molar-refractivity contribution in [1.29, 1.82) is 0 Å². The molecule has 2 atom stereocenters. The number of nitrogens with zero attached hydrogens (tertiary/aromatic N) is 1. The molecule has 0 amide bonds. The van der Waals surface area contributed by atoms with Gasteiger partial charge in [-0.2, -0.15) is 0 Å². The van der Waals surface area contributed by atoms with Gasteiger partial charge in [-0.3, -0.25) is 4.98 Å². The van der Waals surface area contributed by atoms with Gasteiger partial charge in [0.25, 0.3) is 0 Å². The molecule has 1 N–H and O–H groups in total. The van der Waals surface area contributed by atoms with Crippen molar-refractivity contribution in [3.63, 3.8) is 0 Å². The summed E-state index contributed by atoms with van der Waals surface area (Å²) >= 11 is 0.